The minimum Gasteiger partial charge on any atom is -0.316 e. The molecule has 1 heterocycles. The highest BCUT2D eigenvalue weighted by molar-refractivity contribution is 6.04. The van der Waals surface area contributed by atoms with Crippen molar-refractivity contribution >= 4 is 11.6 Å². The Kier molecular flexibility index (Phi) is 2.99. The Morgan fingerprint density at radius 2 is 1.90 bits per heavy atom. The van der Waals surface area contributed by atoms with Gasteiger partial charge in [0.2, 0.25) is 5.91 Å². The van der Waals surface area contributed by atoms with Crippen LogP contribution in [0.25, 0.3) is 0 Å². The maximum Gasteiger partial charge on any atom is 0.248 e. The number of hydrogen-bond acceptors (Lipinski definition) is 2. The topological polar surface area (TPSA) is 46.3 Å². The van der Waals surface area contributed by atoms with Crippen molar-refractivity contribution in [1.82, 2.24) is 0 Å². The summed E-state index contributed by atoms with van der Waals surface area (Å²) in [5, 5.41) is 0. The molecule has 5 heteroatoms. The van der Waals surface area contributed by atoms with Gasteiger partial charge in [-0.25, -0.2) is 8.78 Å². The molecule has 1 amide bonds. The summed E-state index contributed by atoms with van der Waals surface area (Å²) >= 11 is 0. The van der Waals surface area contributed by atoms with E-state index >= 15 is 0 Å². The number of halogens is 2. The highest BCUT2D eigenvalue weighted by atomic mass is 19.1. The predicted octanol–water partition coefficient (Wildman–Crippen LogP) is 2.51. The Morgan fingerprint density at radius 1 is 1.15 bits per heavy atom. The Bertz CT molecular complexity index is 687. The normalized spacial score (nSPS) is 17.4. The fourth-order valence-corrected chi connectivity index (χ4v) is 2.40. The zero-order valence-electron chi connectivity index (χ0n) is 10.5. The van der Waals surface area contributed by atoms with Crippen molar-refractivity contribution in [2.24, 2.45) is 5.73 Å². The van der Waals surface area contributed by atoms with Crippen LogP contribution in [0.3, 0.4) is 0 Å². The number of anilines is 1. The zero-order chi connectivity index (χ0) is 14.3. The van der Waals surface area contributed by atoms with Gasteiger partial charge >= 0.3 is 0 Å². The molecule has 2 aromatic carbocycles. The summed E-state index contributed by atoms with van der Waals surface area (Å²) in [6, 6.07) is 9.34. The molecule has 0 bridgehead atoms. The lowest BCUT2D eigenvalue weighted by atomic mass is 10.1. The highest BCUT2D eigenvalue weighted by Crippen LogP contribution is 2.36. The van der Waals surface area contributed by atoms with Gasteiger partial charge in [0, 0.05) is 16.8 Å². The molecule has 20 heavy (non-hydrogen) atoms. The lowest BCUT2D eigenvalue weighted by molar-refractivity contribution is -0.119. The number of hydrogen-bond donors (Lipinski definition) is 1. The molecule has 2 aromatic rings. The van der Waals surface area contributed by atoms with E-state index in [2.05, 4.69) is 0 Å². The third-order valence-electron chi connectivity index (χ3n) is 3.43. The summed E-state index contributed by atoms with van der Waals surface area (Å²) in [7, 11) is 0. The molecule has 1 aliphatic rings. The highest BCUT2D eigenvalue weighted by Gasteiger charge is 2.35. The van der Waals surface area contributed by atoms with Gasteiger partial charge in [-0.15, -0.1) is 0 Å². The van der Waals surface area contributed by atoms with E-state index in [1.807, 2.05) is 0 Å². The first-order valence-electron chi connectivity index (χ1n) is 6.18. The standard InChI is InChI=1S/C15H12F2N2O/c16-10-5-6-13-11(7-10)14(18)15(20)19(13)8-9-3-1-2-4-12(9)17/h1-7,14H,8,18H2. The van der Waals surface area contributed by atoms with Crippen molar-refractivity contribution in [1.29, 1.82) is 0 Å². The molecule has 0 saturated heterocycles. The van der Waals surface area contributed by atoms with Crippen LogP contribution in [0.1, 0.15) is 17.2 Å². The van der Waals surface area contributed by atoms with E-state index in [1.165, 1.54) is 29.2 Å². The minimum atomic E-state index is -0.896. The Hall–Kier alpha value is -2.27. The van der Waals surface area contributed by atoms with Gasteiger partial charge < -0.3 is 10.6 Å². The summed E-state index contributed by atoms with van der Waals surface area (Å²) in [6.07, 6.45) is 0. The molecule has 0 aliphatic carbocycles. The molecule has 1 aliphatic heterocycles. The van der Waals surface area contributed by atoms with Crippen molar-refractivity contribution in [3.8, 4) is 0 Å². The van der Waals surface area contributed by atoms with Crippen LogP contribution in [0.5, 0.6) is 0 Å². The van der Waals surface area contributed by atoms with Crippen molar-refractivity contribution in [2.45, 2.75) is 12.6 Å². The average Bonchev–Trinajstić information content (AvgIpc) is 2.66. The van der Waals surface area contributed by atoms with Gasteiger partial charge in [0.25, 0.3) is 0 Å². The smallest absolute Gasteiger partial charge is 0.248 e. The summed E-state index contributed by atoms with van der Waals surface area (Å²) in [4.78, 5) is 13.5. The lowest BCUT2D eigenvalue weighted by Crippen LogP contribution is -2.31. The van der Waals surface area contributed by atoms with Gasteiger partial charge in [-0.05, 0) is 24.3 Å². The molecule has 0 saturated carbocycles. The van der Waals surface area contributed by atoms with Crippen LogP contribution in [0.15, 0.2) is 42.5 Å². The Labute approximate surface area is 114 Å². The van der Waals surface area contributed by atoms with Crippen molar-refractivity contribution in [3.05, 3.63) is 65.2 Å². The van der Waals surface area contributed by atoms with E-state index in [0.717, 1.165) is 0 Å². The van der Waals surface area contributed by atoms with Crippen LogP contribution in [-0.2, 0) is 11.3 Å². The summed E-state index contributed by atoms with van der Waals surface area (Å²) in [5.41, 5.74) is 7.15. The SMILES string of the molecule is NC1C(=O)N(Cc2ccccc2F)c2ccc(F)cc21. The Balaban J connectivity index is 2.00. The first-order valence-corrected chi connectivity index (χ1v) is 6.18. The third kappa shape index (κ3) is 1.96. The molecule has 0 radical (unpaired) electrons. The first-order chi connectivity index (χ1) is 9.58. The molecule has 1 atom stereocenters. The second-order valence-electron chi connectivity index (χ2n) is 4.70. The van der Waals surface area contributed by atoms with Crippen molar-refractivity contribution in [2.75, 3.05) is 4.90 Å². The van der Waals surface area contributed by atoms with E-state index in [0.29, 0.717) is 16.8 Å². The second kappa shape index (κ2) is 4.68. The first kappa shape index (κ1) is 12.7. The molecule has 3 rings (SSSR count). The van der Waals surface area contributed by atoms with Crippen LogP contribution in [0.2, 0.25) is 0 Å². The molecule has 3 nitrogen and oxygen atoms in total. The monoisotopic (exact) mass is 274 g/mol. The Morgan fingerprint density at radius 3 is 2.65 bits per heavy atom. The molecule has 2 N–H and O–H groups in total. The quantitative estimate of drug-likeness (QED) is 0.914. The predicted molar refractivity (Wildman–Crippen MR) is 70.9 cm³/mol. The van der Waals surface area contributed by atoms with Gasteiger partial charge in [-0.2, -0.15) is 0 Å². The number of rotatable bonds is 2. The van der Waals surface area contributed by atoms with Gasteiger partial charge in [0.1, 0.15) is 17.7 Å². The van der Waals surface area contributed by atoms with Crippen LogP contribution in [0, 0.1) is 11.6 Å². The number of carbonyl (C=O) groups is 1. The van der Waals surface area contributed by atoms with Crippen LogP contribution in [-0.4, -0.2) is 5.91 Å². The summed E-state index contributed by atoms with van der Waals surface area (Å²) in [5.74, 6) is -1.18. The molecular weight excluding hydrogens is 262 g/mol. The van der Waals surface area contributed by atoms with Gasteiger partial charge in [0.05, 0.1) is 6.54 Å². The largest absolute Gasteiger partial charge is 0.316 e. The lowest BCUT2D eigenvalue weighted by Gasteiger charge is -2.18. The number of nitrogens with zero attached hydrogens (tertiary/aromatic N) is 1. The molecule has 102 valence electrons. The number of amides is 1. The second-order valence-corrected chi connectivity index (χ2v) is 4.70. The zero-order valence-corrected chi connectivity index (χ0v) is 10.5. The summed E-state index contributed by atoms with van der Waals surface area (Å²) < 4.78 is 26.9. The van der Waals surface area contributed by atoms with E-state index in [9.17, 15) is 13.6 Å². The number of carbonyl (C=O) groups excluding carboxylic acids is 1. The van der Waals surface area contributed by atoms with E-state index < -0.39 is 11.9 Å². The number of nitrogens with two attached hydrogens (primary N) is 1. The van der Waals surface area contributed by atoms with Gasteiger partial charge in [-0.1, -0.05) is 18.2 Å². The maximum atomic E-state index is 13.7. The van der Waals surface area contributed by atoms with Crippen LogP contribution >= 0.6 is 0 Å². The van der Waals surface area contributed by atoms with E-state index in [4.69, 9.17) is 5.73 Å². The molecule has 0 fully saturated rings. The van der Waals surface area contributed by atoms with E-state index in [1.54, 1.807) is 18.2 Å². The minimum absolute atomic E-state index is 0.0812. The average molecular weight is 274 g/mol. The van der Waals surface area contributed by atoms with Crippen LogP contribution in [0.4, 0.5) is 14.5 Å². The molecule has 1 unspecified atom stereocenters. The van der Waals surface area contributed by atoms with Crippen molar-refractivity contribution in [3.63, 3.8) is 0 Å². The third-order valence-corrected chi connectivity index (χ3v) is 3.43. The van der Waals surface area contributed by atoms with E-state index in [-0.39, 0.29) is 18.3 Å². The number of benzene rings is 2. The van der Waals surface area contributed by atoms with Crippen molar-refractivity contribution < 1.29 is 13.6 Å². The fraction of sp³-hybridized carbons (Fsp3) is 0.133. The van der Waals surface area contributed by atoms with Crippen LogP contribution < -0.4 is 10.6 Å². The van der Waals surface area contributed by atoms with Gasteiger partial charge in [-0.3, -0.25) is 4.79 Å². The van der Waals surface area contributed by atoms with Gasteiger partial charge in [0.15, 0.2) is 0 Å². The molecule has 0 aromatic heterocycles. The summed E-state index contributed by atoms with van der Waals surface area (Å²) in [6.45, 7) is 0.0812. The molecule has 0 spiro atoms. The number of fused-ring (bicyclic) bond motifs is 1. The maximum absolute atomic E-state index is 13.7. The fourth-order valence-electron chi connectivity index (χ4n) is 2.40. The molecular formula is C15H12F2N2O.